The molecule has 0 spiro atoms. The number of aromatic nitrogens is 2. The standard InChI is InChI=1S/C109H113BN4/c1-103(2,3)66-69-54-82(72-34-26-22-27-35-72)101(83(55-69)73-36-28-23-29-37-73)113-96-64-80(111-92-50-42-76(106(10,11)12)60-86(92)87-61-77(107(13,14)15)43-51-93(87)111)46-48-90(96)110-91-49-47-81(112-94-52-44-78(108(16,17)18)62-88(94)89-63-79(109(19,20)21)45-53-95(89)112)65-97(91)114(99-59-71(68-105(7,8)9)58-98(113)100(99)110)102-84(74-38-30-24-31-39-74)56-70(67-104(4,5)6)57-85(102)75-40-32-25-33-41-75/h22-65H,66-68H2,1-21H3. The lowest BCUT2D eigenvalue weighted by molar-refractivity contribution is 0.411. The van der Waals surface area contributed by atoms with Crippen LogP contribution in [0.25, 0.3) is 99.5 Å². The fraction of sp³-hybridized carbons (Fsp3) is 0.284. The first-order valence-corrected chi connectivity index (χ1v) is 41.7. The first-order chi connectivity index (χ1) is 53.9. The number of anilines is 6. The van der Waals surface area contributed by atoms with Crippen LogP contribution < -0.4 is 26.2 Å². The van der Waals surface area contributed by atoms with Gasteiger partial charge in [0.2, 0.25) is 0 Å². The first kappa shape index (κ1) is 75.8. The van der Waals surface area contributed by atoms with E-state index < -0.39 is 0 Å². The Morgan fingerprint density at radius 2 is 0.500 bits per heavy atom. The maximum Gasteiger partial charge on any atom is 0.252 e. The highest BCUT2D eigenvalue weighted by molar-refractivity contribution is 7.00. The highest BCUT2D eigenvalue weighted by Crippen LogP contribution is 2.56. The largest absolute Gasteiger partial charge is 0.310 e. The molecule has 572 valence electrons. The van der Waals surface area contributed by atoms with E-state index in [1.807, 2.05) is 0 Å². The van der Waals surface area contributed by atoms with Gasteiger partial charge in [0.05, 0.1) is 33.4 Å². The predicted octanol–water partition coefficient (Wildman–Crippen LogP) is 28.6. The SMILES string of the molecule is CC(C)(C)Cc1cc(-c2ccccc2)c(N2c3cc(-n4c5ccc(C(C)(C)C)cc5c5cc(C(C)(C)C)ccc54)ccc3B3c4ccc(-n5c6ccc(C(C)(C)C)cc6c6cc(C(C)(C)C)ccc65)cc4N(c4c(-c5ccccc5)cc(CC(C)(C)C)cc4-c4ccccc4)c4cc(CC(C)(C)C)cc2c43)c(-c2ccccc2)c1. The summed E-state index contributed by atoms with van der Waals surface area (Å²) in [5.41, 5.74) is 36.1. The molecule has 4 heterocycles. The minimum atomic E-state index is -0.246. The van der Waals surface area contributed by atoms with E-state index in [0.29, 0.717) is 0 Å². The van der Waals surface area contributed by atoms with Crippen molar-refractivity contribution in [2.75, 3.05) is 9.80 Å². The molecule has 0 saturated carbocycles. The van der Waals surface area contributed by atoms with Crippen LogP contribution in [-0.4, -0.2) is 15.8 Å². The zero-order valence-electron chi connectivity index (χ0n) is 71.4. The van der Waals surface area contributed by atoms with Gasteiger partial charge in [0.25, 0.3) is 6.71 Å². The van der Waals surface area contributed by atoms with Gasteiger partial charge in [-0.2, -0.15) is 0 Å². The van der Waals surface area contributed by atoms with Gasteiger partial charge >= 0.3 is 0 Å². The molecule has 5 heteroatoms. The number of nitrogens with zero attached hydrogens (tertiary/aromatic N) is 4. The van der Waals surface area contributed by atoms with Crippen molar-refractivity contribution in [3.63, 3.8) is 0 Å². The van der Waals surface area contributed by atoms with Gasteiger partial charge in [-0.25, -0.2) is 0 Å². The van der Waals surface area contributed by atoms with Crippen molar-refractivity contribution < 1.29 is 0 Å². The molecule has 0 N–H and O–H groups in total. The third-order valence-electron chi connectivity index (χ3n) is 23.9. The lowest BCUT2D eigenvalue weighted by Crippen LogP contribution is -2.61. The maximum absolute atomic E-state index is 2.78. The van der Waals surface area contributed by atoms with Crippen molar-refractivity contribution >= 4 is 101 Å². The van der Waals surface area contributed by atoms with E-state index in [1.54, 1.807) is 0 Å². The van der Waals surface area contributed by atoms with E-state index in [4.69, 9.17) is 0 Å². The number of benzene rings is 13. The zero-order chi connectivity index (χ0) is 80.3. The van der Waals surface area contributed by atoms with Crippen LogP contribution in [0.4, 0.5) is 34.1 Å². The normalized spacial score (nSPS) is 13.5. The summed E-state index contributed by atoms with van der Waals surface area (Å²) in [6.07, 6.45) is 2.62. The maximum atomic E-state index is 2.78. The fourth-order valence-electron chi connectivity index (χ4n) is 18.6. The van der Waals surface area contributed by atoms with Gasteiger partial charge in [0, 0.05) is 77.9 Å². The van der Waals surface area contributed by atoms with Crippen LogP contribution >= 0.6 is 0 Å². The van der Waals surface area contributed by atoms with Gasteiger partial charge in [-0.3, -0.25) is 0 Å². The molecule has 13 aromatic carbocycles. The van der Waals surface area contributed by atoms with Crippen LogP contribution in [0.3, 0.4) is 0 Å². The van der Waals surface area contributed by atoms with Crippen molar-refractivity contribution in [3.05, 3.63) is 306 Å². The Hall–Kier alpha value is -10.9. The number of hydrogen-bond acceptors (Lipinski definition) is 2. The molecule has 2 aliphatic heterocycles. The Morgan fingerprint density at radius 1 is 0.246 bits per heavy atom. The van der Waals surface area contributed by atoms with Gasteiger partial charge in [-0.05, 0) is 244 Å². The van der Waals surface area contributed by atoms with E-state index in [2.05, 4.69) is 431 Å². The third-order valence-corrected chi connectivity index (χ3v) is 23.9. The molecule has 0 saturated heterocycles. The summed E-state index contributed by atoms with van der Waals surface area (Å²) >= 11 is 0. The molecule has 0 amide bonds. The van der Waals surface area contributed by atoms with Gasteiger partial charge in [-0.1, -0.05) is 303 Å². The van der Waals surface area contributed by atoms with E-state index in [1.165, 1.54) is 155 Å². The topological polar surface area (TPSA) is 16.3 Å². The molecule has 0 radical (unpaired) electrons. The van der Waals surface area contributed by atoms with Gasteiger partial charge < -0.3 is 18.9 Å². The number of rotatable bonds is 11. The van der Waals surface area contributed by atoms with Crippen molar-refractivity contribution in [2.45, 2.75) is 186 Å². The molecular weight excluding hydrogens is 1380 g/mol. The highest BCUT2D eigenvalue weighted by Gasteiger charge is 2.47. The van der Waals surface area contributed by atoms with Crippen LogP contribution in [-0.2, 0) is 40.9 Å². The second-order valence-corrected chi connectivity index (χ2v) is 41.0. The van der Waals surface area contributed by atoms with Crippen molar-refractivity contribution in [1.29, 1.82) is 0 Å². The Labute approximate surface area is 679 Å². The first-order valence-electron chi connectivity index (χ1n) is 41.7. The fourth-order valence-corrected chi connectivity index (χ4v) is 18.6. The molecule has 2 aromatic heterocycles. The summed E-state index contributed by atoms with van der Waals surface area (Å²) in [6.45, 7) is 49.5. The molecule has 2 aliphatic rings. The monoisotopic (exact) mass is 1490 g/mol. The summed E-state index contributed by atoms with van der Waals surface area (Å²) in [5, 5.41) is 5.08. The Kier molecular flexibility index (Phi) is 18.2. The quantitative estimate of drug-likeness (QED) is 0.120. The molecule has 15 aromatic rings. The molecule has 4 nitrogen and oxygen atoms in total. The van der Waals surface area contributed by atoms with E-state index in [0.717, 1.165) is 53.4 Å². The predicted molar refractivity (Wildman–Crippen MR) is 495 cm³/mol. The molecule has 0 bridgehead atoms. The smallest absolute Gasteiger partial charge is 0.252 e. The summed E-state index contributed by atoms with van der Waals surface area (Å²) < 4.78 is 5.18. The summed E-state index contributed by atoms with van der Waals surface area (Å²) in [4.78, 5) is 5.57. The van der Waals surface area contributed by atoms with Gasteiger partial charge in [-0.15, -0.1) is 0 Å². The minimum Gasteiger partial charge on any atom is -0.310 e. The molecule has 0 aliphatic carbocycles. The Balaban J connectivity index is 1.07. The van der Waals surface area contributed by atoms with Crippen LogP contribution in [0.1, 0.15) is 184 Å². The molecule has 0 atom stereocenters. The second kappa shape index (κ2) is 27.4. The average Bonchev–Trinajstić information content (AvgIpc) is 0.724. The summed E-state index contributed by atoms with van der Waals surface area (Å²) in [5.74, 6) is 0. The average molecular weight is 1490 g/mol. The third kappa shape index (κ3) is 13.9. The molecule has 0 fully saturated rings. The van der Waals surface area contributed by atoms with E-state index >= 15 is 0 Å². The van der Waals surface area contributed by atoms with E-state index in [9.17, 15) is 0 Å². The van der Waals surface area contributed by atoms with Gasteiger partial charge in [0.1, 0.15) is 0 Å². The molecule has 0 unspecified atom stereocenters. The number of fused-ring (bicyclic) bond motifs is 10. The molecule has 114 heavy (non-hydrogen) atoms. The van der Waals surface area contributed by atoms with Crippen molar-refractivity contribution in [1.82, 2.24) is 9.13 Å². The molecule has 17 rings (SSSR count). The van der Waals surface area contributed by atoms with E-state index in [-0.39, 0.29) is 44.6 Å². The second-order valence-electron chi connectivity index (χ2n) is 41.0. The highest BCUT2D eigenvalue weighted by atomic mass is 15.2. The number of hydrogen-bond donors (Lipinski definition) is 0. The van der Waals surface area contributed by atoms with Crippen LogP contribution in [0.5, 0.6) is 0 Å². The lowest BCUT2D eigenvalue weighted by Gasteiger charge is -2.46. The summed E-state index contributed by atoms with van der Waals surface area (Å²) in [6, 6.07) is 105. The summed E-state index contributed by atoms with van der Waals surface area (Å²) in [7, 11) is 0. The van der Waals surface area contributed by atoms with Crippen LogP contribution in [0.15, 0.2) is 267 Å². The zero-order valence-corrected chi connectivity index (χ0v) is 71.4. The van der Waals surface area contributed by atoms with Crippen molar-refractivity contribution in [2.24, 2.45) is 16.2 Å². The van der Waals surface area contributed by atoms with Crippen LogP contribution in [0, 0.1) is 16.2 Å². The van der Waals surface area contributed by atoms with Crippen LogP contribution in [0.2, 0.25) is 0 Å². The Morgan fingerprint density at radius 3 is 0.746 bits per heavy atom. The minimum absolute atomic E-state index is 0.000760. The van der Waals surface area contributed by atoms with Gasteiger partial charge in [0.15, 0.2) is 0 Å². The van der Waals surface area contributed by atoms with Crippen molar-refractivity contribution in [3.8, 4) is 55.9 Å². The lowest BCUT2D eigenvalue weighted by atomic mass is 9.33. The molecular formula is C109H113BN4. The Bertz CT molecular complexity index is 5640.